The highest BCUT2D eigenvalue weighted by Gasteiger charge is 2.33. The van der Waals surface area contributed by atoms with Gasteiger partial charge in [-0.25, -0.2) is 9.18 Å². The van der Waals surface area contributed by atoms with Gasteiger partial charge in [0.15, 0.2) is 0 Å². The maximum atomic E-state index is 13.6. The zero-order valence-electron chi connectivity index (χ0n) is 13.9. The molecule has 2 aromatic carbocycles. The lowest BCUT2D eigenvalue weighted by Gasteiger charge is -2.25. The minimum Gasteiger partial charge on any atom is -0.334 e. The molecule has 25 heavy (non-hydrogen) atoms. The van der Waals surface area contributed by atoms with Crippen LogP contribution in [0.15, 0.2) is 54.6 Å². The number of nitrogens with one attached hydrogen (secondary N) is 2. The van der Waals surface area contributed by atoms with Crippen LogP contribution in [0.4, 0.5) is 14.9 Å². The van der Waals surface area contributed by atoms with Crippen LogP contribution in [0.3, 0.4) is 0 Å². The molecule has 1 fully saturated rings. The Kier molecular flexibility index (Phi) is 4.97. The van der Waals surface area contributed by atoms with E-state index in [4.69, 9.17) is 0 Å². The molecule has 1 aliphatic heterocycles. The van der Waals surface area contributed by atoms with E-state index in [0.29, 0.717) is 6.54 Å². The number of benzene rings is 2. The molecular weight excluding hydrogens is 321 g/mol. The van der Waals surface area contributed by atoms with Gasteiger partial charge in [0, 0.05) is 13.0 Å². The first-order valence-corrected chi connectivity index (χ1v) is 8.21. The van der Waals surface area contributed by atoms with E-state index >= 15 is 0 Å². The zero-order chi connectivity index (χ0) is 17.8. The number of nitrogens with zero attached hydrogens (tertiary/aromatic N) is 1. The second kappa shape index (κ2) is 7.34. The van der Waals surface area contributed by atoms with Crippen molar-refractivity contribution < 1.29 is 14.0 Å². The second-order valence-electron chi connectivity index (χ2n) is 6.11. The van der Waals surface area contributed by atoms with Gasteiger partial charge in [-0.2, -0.15) is 0 Å². The number of anilines is 1. The van der Waals surface area contributed by atoms with E-state index in [9.17, 15) is 14.0 Å². The monoisotopic (exact) mass is 341 g/mol. The number of amides is 3. The molecule has 2 unspecified atom stereocenters. The summed E-state index contributed by atoms with van der Waals surface area (Å²) in [6.07, 6.45) is 0.238. The lowest BCUT2D eigenvalue weighted by atomic mass is 10.1. The number of rotatable bonds is 4. The molecule has 1 aliphatic rings. The summed E-state index contributed by atoms with van der Waals surface area (Å²) in [6, 6.07) is 14.8. The lowest BCUT2D eigenvalue weighted by molar-refractivity contribution is -0.129. The maximum Gasteiger partial charge on any atom is 0.319 e. The molecule has 2 atom stereocenters. The van der Waals surface area contributed by atoms with E-state index in [2.05, 4.69) is 10.6 Å². The van der Waals surface area contributed by atoms with Crippen molar-refractivity contribution in [3.05, 3.63) is 66.0 Å². The molecule has 3 rings (SSSR count). The highest BCUT2D eigenvalue weighted by Crippen LogP contribution is 2.25. The molecule has 2 N–H and O–H groups in total. The van der Waals surface area contributed by atoms with Crippen LogP contribution < -0.4 is 10.6 Å². The highest BCUT2D eigenvalue weighted by molar-refractivity contribution is 5.90. The molecule has 0 radical (unpaired) electrons. The number of carbonyl (C=O) groups is 2. The van der Waals surface area contributed by atoms with Crippen molar-refractivity contribution in [2.75, 3.05) is 11.9 Å². The second-order valence-corrected chi connectivity index (χ2v) is 6.11. The maximum absolute atomic E-state index is 13.6. The normalized spacial score (nSPS) is 18.1. The summed E-state index contributed by atoms with van der Waals surface area (Å²) in [5, 5.41) is 5.21. The van der Waals surface area contributed by atoms with Crippen LogP contribution in [0.25, 0.3) is 0 Å². The van der Waals surface area contributed by atoms with E-state index in [0.717, 1.165) is 5.56 Å². The van der Waals surface area contributed by atoms with Crippen molar-refractivity contribution in [2.45, 2.75) is 25.4 Å². The molecule has 0 saturated carbocycles. The van der Waals surface area contributed by atoms with E-state index in [1.807, 2.05) is 37.3 Å². The first kappa shape index (κ1) is 17.0. The third-order valence-corrected chi connectivity index (χ3v) is 4.37. The third kappa shape index (κ3) is 3.96. The Hall–Kier alpha value is -2.89. The van der Waals surface area contributed by atoms with Crippen LogP contribution in [0, 0.1) is 5.82 Å². The smallest absolute Gasteiger partial charge is 0.319 e. The van der Waals surface area contributed by atoms with Gasteiger partial charge in [0.25, 0.3) is 0 Å². The van der Waals surface area contributed by atoms with Crippen LogP contribution in [-0.4, -0.2) is 29.4 Å². The Morgan fingerprint density at radius 2 is 1.84 bits per heavy atom. The molecule has 6 heteroatoms. The number of urea groups is 1. The predicted octanol–water partition coefficient (Wildman–Crippen LogP) is 3.31. The van der Waals surface area contributed by atoms with E-state index < -0.39 is 11.8 Å². The summed E-state index contributed by atoms with van der Waals surface area (Å²) in [4.78, 5) is 26.1. The van der Waals surface area contributed by atoms with Gasteiger partial charge in [-0.15, -0.1) is 0 Å². The summed E-state index contributed by atoms with van der Waals surface area (Å²) < 4.78 is 13.6. The van der Waals surface area contributed by atoms with Gasteiger partial charge in [-0.1, -0.05) is 42.5 Å². The molecule has 0 aliphatic carbocycles. The summed E-state index contributed by atoms with van der Waals surface area (Å²) in [6.45, 7) is 2.40. The van der Waals surface area contributed by atoms with Gasteiger partial charge in [-0.3, -0.25) is 4.79 Å². The quantitative estimate of drug-likeness (QED) is 0.896. The van der Waals surface area contributed by atoms with Gasteiger partial charge >= 0.3 is 6.03 Å². The molecule has 5 nitrogen and oxygen atoms in total. The van der Waals surface area contributed by atoms with Crippen LogP contribution in [0.5, 0.6) is 0 Å². The van der Waals surface area contributed by atoms with Gasteiger partial charge in [-0.05, 0) is 24.6 Å². The molecule has 1 saturated heterocycles. The molecule has 3 amide bonds. The fraction of sp³-hybridized carbons (Fsp3) is 0.263. The van der Waals surface area contributed by atoms with Gasteiger partial charge < -0.3 is 15.5 Å². The Morgan fingerprint density at radius 1 is 1.16 bits per heavy atom. The van der Waals surface area contributed by atoms with Gasteiger partial charge in [0.2, 0.25) is 5.91 Å². The Morgan fingerprint density at radius 3 is 2.56 bits per heavy atom. The average molecular weight is 341 g/mol. The standard InChI is InChI=1S/C19H20FN3O2/c1-13(14-7-3-2-4-8-14)23-12-15(11-18(23)24)21-19(25)22-17-10-6-5-9-16(17)20/h2-10,13,15H,11-12H2,1H3,(H2,21,22,25). The fourth-order valence-electron chi connectivity index (χ4n) is 3.02. The van der Waals surface area contributed by atoms with Crippen molar-refractivity contribution >= 4 is 17.6 Å². The van der Waals surface area contributed by atoms with Crippen LogP contribution >= 0.6 is 0 Å². The molecule has 2 aromatic rings. The van der Waals surface area contributed by atoms with Crippen molar-refractivity contribution in [3.63, 3.8) is 0 Å². The lowest BCUT2D eigenvalue weighted by Crippen LogP contribution is -2.40. The predicted molar refractivity (Wildman–Crippen MR) is 93.5 cm³/mol. The fourth-order valence-corrected chi connectivity index (χ4v) is 3.02. The first-order valence-electron chi connectivity index (χ1n) is 8.21. The van der Waals surface area contributed by atoms with Crippen LogP contribution in [0.1, 0.15) is 24.9 Å². The Balaban J connectivity index is 1.59. The number of likely N-dealkylation sites (tertiary alicyclic amines) is 1. The number of carbonyl (C=O) groups excluding carboxylic acids is 2. The molecule has 0 spiro atoms. The summed E-state index contributed by atoms with van der Waals surface area (Å²) >= 11 is 0. The van der Waals surface area contributed by atoms with Crippen molar-refractivity contribution in [2.24, 2.45) is 0 Å². The zero-order valence-corrected chi connectivity index (χ0v) is 13.9. The van der Waals surface area contributed by atoms with Crippen molar-refractivity contribution in [1.82, 2.24) is 10.2 Å². The van der Waals surface area contributed by atoms with E-state index in [1.165, 1.54) is 12.1 Å². The van der Waals surface area contributed by atoms with Crippen molar-refractivity contribution in [3.8, 4) is 0 Å². The first-order chi connectivity index (χ1) is 12.0. The minimum atomic E-state index is -0.517. The van der Waals surface area contributed by atoms with E-state index in [1.54, 1.807) is 17.0 Å². The summed E-state index contributed by atoms with van der Waals surface area (Å²) in [5.41, 5.74) is 1.16. The third-order valence-electron chi connectivity index (χ3n) is 4.37. The minimum absolute atomic E-state index is 0.00690. The number of hydrogen-bond acceptors (Lipinski definition) is 2. The SMILES string of the molecule is CC(c1ccccc1)N1CC(NC(=O)Nc2ccccc2F)CC1=O. The number of halogens is 1. The molecule has 1 heterocycles. The molecule has 0 aromatic heterocycles. The summed E-state index contributed by atoms with van der Waals surface area (Å²) in [5.74, 6) is -0.507. The number of hydrogen-bond donors (Lipinski definition) is 2. The topological polar surface area (TPSA) is 61.4 Å². The molecule has 0 bridgehead atoms. The highest BCUT2D eigenvalue weighted by atomic mass is 19.1. The number of para-hydroxylation sites is 1. The Labute approximate surface area is 145 Å². The Bertz CT molecular complexity index is 766. The van der Waals surface area contributed by atoms with E-state index in [-0.39, 0.29) is 30.1 Å². The largest absolute Gasteiger partial charge is 0.334 e. The summed E-state index contributed by atoms with van der Waals surface area (Å²) in [7, 11) is 0. The van der Waals surface area contributed by atoms with Crippen molar-refractivity contribution in [1.29, 1.82) is 0 Å². The molecule has 130 valence electrons. The van der Waals surface area contributed by atoms with Gasteiger partial charge in [0.05, 0.1) is 17.8 Å². The van der Waals surface area contributed by atoms with Crippen LogP contribution in [0.2, 0.25) is 0 Å². The molecular formula is C19H20FN3O2. The van der Waals surface area contributed by atoms with Crippen LogP contribution in [-0.2, 0) is 4.79 Å². The average Bonchev–Trinajstić information content (AvgIpc) is 2.97. The van der Waals surface area contributed by atoms with Gasteiger partial charge in [0.1, 0.15) is 5.82 Å².